The lowest BCUT2D eigenvalue weighted by Crippen LogP contribution is -1.99. The molecule has 0 fully saturated rings. The van der Waals surface area contributed by atoms with Crippen LogP contribution in [-0.2, 0) is 12.3 Å². The Balaban J connectivity index is 1.84. The summed E-state index contributed by atoms with van der Waals surface area (Å²) in [7, 11) is 0. The van der Waals surface area contributed by atoms with Gasteiger partial charge in [-0.05, 0) is 36.6 Å². The van der Waals surface area contributed by atoms with Crippen molar-refractivity contribution >= 4 is 46.3 Å². The Morgan fingerprint density at radius 3 is 2.52 bits per heavy atom. The molecule has 2 heterocycles. The third kappa shape index (κ3) is 4.05. The van der Waals surface area contributed by atoms with E-state index in [0.717, 1.165) is 28.7 Å². The number of thiophene rings is 1. The van der Waals surface area contributed by atoms with E-state index in [2.05, 4.69) is 47.0 Å². The topological polar surface area (TPSA) is 30.7 Å². The van der Waals surface area contributed by atoms with Gasteiger partial charge in [0.2, 0.25) is 0 Å². The van der Waals surface area contributed by atoms with Gasteiger partial charge in [-0.25, -0.2) is 0 Å². The summed E-state index contributed by atoms with van der Waals surface area (Å²) in [4.78, 5) is 1.36. The Bertz CT molecular complexity index is 851. The van der Waals surface area contributed by atoms with Crippen LogP contribution in [-0.4, -0.2) is 14.8 Å². The average Bonchev–Trinajstić information content (AvgIpc) is 3.20. The molecule has 0 aliphatic heterocycles. The Labute approximate surface area is 166 Å². The summed E-state index contributed by atoms with van der Waals surface area (Å²) in [6.45, 7) is 7.33. The average molecular weight is 412 g/mol. The zero-order chi connectivity index (χ0) is 18.0. The SMILES string of the molecule is CCn1c(SCc2c(Cl)cccc2Cl)nnc1-c1csc(C(C)C)c1. The Kier molecular flexibility index (Phi) is 6.10. The minimum Gasteiger partial charge on any atom is -0.302 e. The van der Waals surface area contributed by atoms with Crippen molar-refractivity contribution in [3.63, 3.8) is 0 Å². The van der Waals surface area contributed by atoms with E-state index < -0.39 is 0 Å². The first kappa shape index (κ1) is 18.8. The second kappa shape index (κ2) is 8.12. The standard InChI is InChI=1S/C18H19Cl2N3S2/c1-4-23-17(12-8-16(11(2)3)24-9-12)21-22-18(23)25-10-13-14(19)6-5-7-15(13)20/h5-9,11H,4,10H2,1-3H3. The maximum absolute atomic E-state index is 6.26. The highest BCUT2D eigenvalue weighted by Gasteiger charge is 2.16. The maximum Gasteiger partial charge on any atom is 0.191 e. The summed E-state index contributed by atoms with van der Waals surface area (Å²) >= 11 is 15.9. The minimum absolute atomic E-state index is 0.521. The smallest absolute Gasteiger partial charge is 0.191 e. The van der Waals surface area contributed by atoms with Crippen LogP contribution >= 0.6 is 46.3 Å². The van der Waals surface area contributed by atoms with Gasteiger partial charge >= 0.3 is 0 Å². The van der Waals surface area contributed by atoms with E-state index in [9.17, 15) is 0 Å². The molecule has 0 saturated heterocycles. The maximum atomic E-state index is 6.26. The molecule has 1 aromatic carbocycles. The highest BCUT2D eigenvalue weighted by atomic mass is 35.5. The van der Waals surface area contributed by atoms with Crippen molar-refractivity contribution in [2.45, 2.75) is 44.1 Å². The second-order valence-electron chi connectivity index (χ2n) is 5.93. The number of hydrogen-bond donors (Lipinski definition) is 0. The summed E-state index contributed by atoms with van der Waals surface area (Å²) in [5.41, 5.74) is 2.06. The number of thioether (sulfide) groups is 1. The van der Waals surface area contributed by atoms with Crippen LogP contribution in [0.3, 0.4) is 0 Å². The predicted molar refractivity (Wildman–Crippen MR) is 109 cm³/mol. The van der Waals surface area contributed by atoms with E-state index in [4.69, 9.17) is 23.2 Å². The molecule has 3 aromatic rings. The lowest BCUT2D eigenvalue weighted by atomic mass is 10.1. The summed E-state index contributed by atoms with van der Waals surface area (Å²) in [5.74, 6) is 2.10. The van der Waals surface area contributed by atoms with Crippen LogP contribution in [0.5, 0.6) is 0 Å². The van der Waals surface area contributed by atoms with Crippen molar-refractivity contribution < 1.29 is 0 Å². The lowest BCUT2D eigenvalue weighted by molar-refractivity contribution is 0.687. The van der Waals surface area contributed by atoms with Crippen molar-refractivity contribution in [3.05, 3.63) is 50.1 Å². The van der Waals surface area contributed by atoms with Gasteiger partial charge in [0.15, 0.2) is 11.0 Å². The molecule has 0 spiro atoms. The van der Waals surface area contributed by atoms with E-state index in [0.29, 0.717) is 21.7 Å². The molecule has 0 N–H and O–H groups in total. The highest BCUT2D eigenvalue weighted by molar-refractivity contribution is 7.98. The summed E-state index contributed by atoms with van der Waals surface area (Å²) < 4.78 is 2.14. The number of nitrogens with zero attached hydrogens (tertiary/aromatic N) is 3. The molecule has 0 aliphatic carbocycles. The van der Waals surface area contributed by atoms with Gasteiger partial charge in [-0.15, -0.1) is 21.5 Å². The number of benzene rings is 1. The van der Waals surface area contributed by atoms with E-state index in [1.807, 2.05) is 18.2 Å². The first-order valence-electron chi connectivity index (χ1n) is 8.09. The van der Waals surface area contributed by atoms with Gasteiger partial charge in [-0.1, -0.05) is 54.9 Å². The largest absolute Gasteiger partial charge is 0.302 e. The van der Waals surface area contributed by atoms with E-state index >= 15 is 0 Å². The van der Waals surface area contributed by atoms with Crippen LogP contribution in [0.25, 0.3) is 11.4 Å². The van der Waals surface area contributed by atoms with Crippen molar-refractivity contribution in [1.82, 2.24) is 14.8 Å². The Morgan fingerprint density at radius 2 is 1.92 bits per heavy atom. The van der Waals surface area contributed by atoms with Crippen LogP contribution in [0.2, 0.25) is 10.0 Å². The lowest BCUT2D eigenvalue weighted by Gasteiger charge is -2.08. The number of hydrogen-bond acceptors (Lipinski definition) is 4. The second-order valence-corrected chi connectivity index (χ2v) is 8.63. The van der Waals surface area contributed by atoms with Gasteiger partial charge < -0.3 is 4.57 Å². The molecule has 3 rings (SSSR count). The molecular formula is C18H19Cl2N3S2. The van der Waals surface area contributed by atoms with Gasteiger partial charge in [0.1, 0.15) is 0 Å². The first-order chi connectivity index (χ1) is 12.0. The van der Waals surface area contributed by atoms with Crippen LogP contribution in [0.4, 0.5) is 0 Å². The number of aromatic nitrogens is 3. The zero-order valence-corrected chi connectivity index (χ0v) is 17.4. The molecular weight excluding hydrogens is 393 g/mol. The summed E-state index contributed by atoms with van der Waals surface area (Å²) in [5, 5.41) is 13.2. The van der Waals surface area contributed by atoms with Crippen LogP contribution < -0.4 is 0 Å². The summed E-state index contributed by atoms with van der Waals surface area (Å²) in [6, 6.07) is 7.79. The van der Waals surface area contributed by atoms with Crippen LogP contribution in [0, 0.1) is 0 Å². The predicted octanol–water partition coefficient (Wildman–Crippen LogP) is 6.75. The van der Waals surface area contributed by atoms with Crippen molar-refractivity contribution in [2.24, 2.45) is 0 Å². The third-order valence-corrected chi connectivity index (χ3v) is 6.82. The fraction of sp³-hybridized carbons (Fsp3) is 0.333. The van der Waals surface area contributed by atoms with E-state index in [1.165, 1.54) is 4.88 Å². The first-order valence-corrected chi connectivity index (χ1v) is 10.7. The molecule has 3 nitrogen and oxygen atoms in total. The summed E-state index contributed by atoms with van der Waals surface area (Å²) in [6.07, 6.45) is 0. The zero-order valence-electron chi connectivity index (χ0n) is 14.3. The molecule has 0 saturated carbocycles. The van der Waals surface area contributed by atoms with Gasteiger partial charge in [0.05, 0.1) is 0 Å². The van der Waals surface area contributed by atoms with Crippen LogP contribution in [0.15, 0.2) is 34.8 Å². The van der Waals surface area contributed by atoms with Gasteiger partial charge in [0.25, 0.3) is 0 Å². The minimum atomic E-state index is 0.521. The molecule has 2 aromatic heterocycles. The van der Waals surface area contributed by atoms with Gasteiger partial charge in [-0.3, -0.25) is 0 Å². The fourth-order valence-corrected chi connectivity index (χ4v) is 5.12. The van der Waals surface area contributed by atoms with Gasteiger partial charge in [-0.2, -0.15) is 0 Å². The van der Waals surface area contributed by atoms with Crippen molar-refractivity contribution in [3.8, 4) is 11.4 Å². The molecule has 0 unspecified atom stereocenters. The molecule has 0 amide bonds. The Morgan fingerprint density at radius 1 is 1.20 bits per heavy atom. The third-order valence-electron chi connectivity index (χ3n) is 3.89. The normalized spacial score (nSPS) is 11.4. The molecule has 0 atom stereocenters. The molecule has 25 heavy (non-hydrogen) atoms. The molecule has 0 radical (unpaired) electrons. The van der Waals surface area contributed by atoms with Crippen molar-refractivity contribution in [1.29, 1.82) is 0 Å². The Hall–Kier alpha value is -1.01. The van der Waals surface area contributed by atoms with Gasteiger partial charge in [0, 0.05) is 38.2 Å². The fourth-order valence-electron chi connectivity index (χ4n) is 2.47. The monoisotopic (exact) mass is 411 g/mol. The highest BCUT2D eigenvalue weighted by Crippen LogP contribution is 2.34. The molecule has 0 aliphatic rings. The number of rotatable bonds is 6. The molecule has 0 bridgehead atoms. The molecule has 132 valence electrons. The van der Waals surface area contributed by atoms with E-state index in [-0.39, 0.29) is 0 Å². The van der Waals surface area contributed by atoms with E-state index in [1.54, 1.807) is 23.1 Å². The quantitative estimate of drug-likeness (QED) is 0.420. The number of halogens is 2. The van der Waals surface area contributed by atoms with Crippen molar-refractivity contribution in [2.75, 3.05) is 0 Å². The molecule has 7 heteroatoms. The van der Waals surface area contributed by atoms with Crippen LogP contribution in [0.1, 0.15) is 37.1 Å².